The number of pyridine rings is 3. The minimum absolute atomic E-state index is 0.0125. The van der Waals surface area contributed by atoms with Gasteiger partial charge in [0.05, 0.1) is 18.1 Å². The summed E-state index contributed by atoms with van der Waals surface area (Å²) in [4.78, 5) is 121. The Bertz CT molecular complexity index is 5520. The highest BCUT2D eigenvalue weighted by atomic mass is 19.1. The third-order valence-corrected chi connectivity index (χ3v) is 25.7. The molecule has 28 heteroatoms. The quantitative estimate of drug-likeness (QED) is 0.0551. The average molecular weight is 1590 g/mol. The maximum absolute atomic E-state index is 15.3. The zero-order chi connectivity index (χ0) is 81.7. The number of nitrogens with zero attached hydrogens (tertiary/aromatic N) is 9. The fourth-order valence-corrected chi connectivity index (χ4v) is 19.3. The second-order valence-corrected chi connectivity index (χ2v) is 33.0. The van der Waals surface area contributed by atoms with E-state index in [4.69, 9.17) is 0 Å². The molecule has 24 nitrogen and oxygen atoms in total. The monoisotopic (exact) mass is 1590 g/mol. The van der Waals surface area contributed by atoms with Crippen molar-refractivity contribution < 1.29 is 77.0 Å². The first-order valence-electron chi connectivity index (χ1n) is 39.9. The molecule has 3 aromatic heterocycles. The summed E-state index contributed by atoms with van der Waals surface area (Å²) in [6.45, 7) is 4.78. The second kappa shape index (κ2) is 29.0. The number of aromatic carboxylic acids is 3. The summed E-state index contributed by atoms with van der Waals surface area (Å²) in [5.74, 6) is -8.95. The van der Waals surface area contributed by atoms with Gasteiger partial charge in [-0.15, -0.1) is 0 Å². The van der Waals surface area contributed by atoms with Crippen LogP contribution < -0.4 is 31.3 Å². The largest absolute Gasteiger partial charge is 0.502 e. The van der Waals surface area contributed by atoms with Crippen LogP contribution in [0.15, 0.2) is 142 Å². The highest BCUT2D eigenvalue weighted by molar-refractivity contribution is 6.00. The van der Waals surface area contributed by atoms with E-state index in [9.17, 15) is 73.8 Å². The molecule has 117 heavy (non-hydrogen) atoms. The number of fused-ring (bicyclic) bond motifs is 9. The second-order valence-electron chi connectivity index (χ2n) is 33.0. The van der Waals surface area contributed by atoms with Crippen molar-refractivity contribution in [3.63, 3.8) is 0 Å². The molecule has 20 rings (SSSR count). The van der Waals surface area contributed by atoms with Gasteiger partial charge in [-0.25, -0.2) is 31.9 Å². The Hall–Kier alpha value is -12.5. The number of benzene rings is 6. The van der Waals surface area contributed by atoms with Crippen LogP contribution in [0.5, 0.6) is 17.2 Å². The molecule has 8 aliphatic carbocycles. The topological polar surface area (TPSA) is 309 Å². The predicted molar refractivity (Wildman–Crippen MR) is 418 cm³/mol. The molecule has 0 atom stereocenters. The van der Waals surface area contributed by atoms with Crippen molar-refractivity contribution in [2.75, 3.05) is 41.6 Å². The van der Waals surface area contributed by atoms with E-state index in [2.05, 4.69) is 38.1 Å². The summed E-state index contributed by atoms with van der Waals surface area (Å²) in [5.41, 5.74) is 4.56. The lowest BCUT2D eigenvalue weighted by molar-refractivity contribution is 0.0522. The van der Waals surface area contributed by atoms with E-state index in [1.807, 2.05) is 22.0 Å². The first-order valence-corrected chi connectivity index (χ1v) is 39.9. The van der Waals surface area contributed by atoms with Crippen LogP contribution in [0.4, 0.5) is 17.6 Å². The van der Waals surface area contributed by atoms with E-state index in [1.54, 1.807) is 63.4 Å². The van der Waals surface area contributed by atoms with Crippen LogP contribution >= 0.6 is 0 Å². The summed E-state index contributed by atoms with van der Waals surface area (Å²) in [6.07, 6.45) is 16.0. The molecule has 3 amide bonds. The van der Waals surface area contributed by atoms with Crippen LogP contribution in [0, 0.1) is 66.7 Å². The molecule has 5 fully saturated rings. The molecule has 6 heterocycles. The third-order valence-electron chi connectivity index (χ3n) is 25.7. The molecule has 5 saturated carbocycles. The summed E-state index contributed by atoms with van der Waals surface area (Å²) in [5, 5.41) is 67.4. The molecule has 0 spiro atoms. The lowest BCUT2D eigenvalue weighted by Crippen LogP contribution is -2.59. The number of hydrogen-bond donors (Lipinski definition) is 6. The van der Waals surface area contributed by atoms with Crippen molar-refractivity contribution in [1.29, 1.82) is 0 Å². The van der Waals surface area contributed by atoms with Gasteiger partial charge < -0.3 is 45.3 Å². The SMILES string of the molecule is Cc1cccc2c1CCc1c(C)cccc1C2N1CN(C(C2CC2)C2CC2)C(=O)c2c(O)c(=O)c(C(=O)O)cn21.O=C(O)c1cn2c(c(O)c1=O)C(=O)N(C(C1CC1)C1CC1)CN2C1c2cccc(F)c2CCc2c(F)cccc21.O=C(O)c1cn2c(c(O)c1=O)C(=O)N(CC1CC1)CN2C1c2cccc(F)c2CCc2c(F)cccc21. The number of hydrogen-bond acceptors (Lipinski definition) is 15. The Morgan fingerprint density at radius 2 is 0.632 bits per heavy atom. The number of aryl methyl sites for hydroxylation is 2. The first kappa shape index (κ1) is 75.8. The van der Waals surface area contributed by atoms with E-state index in [-0.39, 0.29) is 86.8 Å². The van der Waals surface area contributed by atoms with Crippen molar-refractivity contribution in [3.8, 4) is 17.2 Å². The average Bonchev–Trinajstić information content (AvgIpc) is 1.70. The predicted octanol–water partition coefficient (Wildman–Crippen LogP) is 11.4. The highest BCUT2D eigenvalue weighted by Crippen LogP contribution is 2.52. The maximum atomic E-state index is 15.3. The van der Waals surface area contributed by atoms with Gasteiger partial charge in [0.2, 0.25) is 16.3 Å². The fourth-order valence-electron chi connectivity index (χ4n) is 19.3. The standard InChI is InChI=1S/C32H33N3O5.C30H27F2N3O5.C27H23F2N3O5/c1-17-5-3-7-23-21(17)13-14-22-18(2)6-4-8-24(22)27(23)35-16-33(26(19-9-10-19)20-11-12-20)31(38)28-30(37)29(36)25(32(39)40)15-34(28)35;31-22-5-1-3-19-17(22)11-12-18-20(4-2-6-23(18)32)25(19)35-14-33(24(15-7-8-15)16-9-10-16)29(38)26-28(37)27(36)21(30(39)40)13-34(26)35;28-20-5-1-3-17-15(20)9-10-16-18(4-2-6-21(16)29)22(17)32-13-30(11-14-7-8-14)26(35)23-25(34)24(33)19(27(36)37)12-31(23)32/h3-8,15,19-20,26-27,37H,9-14,16H2,1-2H3,(H,39,40);1-6,13,15-16,24-25,37H,7-12,14H2,(H,39,40);1-6,12,14,22,34H,7-11,13H2,(H,36,37). The van der Waals surface area contributed by atoms with Crippen LogP contribution in [-0.2, 0) is 38.5 Å². The van der Waals surface area contributed by atoms with Gasteiger partial charge in [0.1, 0.15) is 60.0 Å². The van der Waals surface area contributed by atoms with Crippen molar-refractivity contribution in [1.82, 2.24) is 28.7 Å². The Balaban J connectivity index is 0.000000121. The van der Waals surface area contributed by atoms with Crippen LogP contribution in [0.3, 0.4) is 0 Å². The number of carboxylic acids is 3. The van der Waals surface area contributed by atoms with Gasteiger partial charge >= 0.3 is 17.9 Å². The summed E-state index contributed by atoms with van der Waals surface area (Å²) < 4.78 is 64.5. The summed E-state index contributed by atoms with van der Waals surface area (Å²) in [7, 11) is 0. The lowest BCUT2D eigenvalue weighted by atomic mass is 9.91. The lowest BCUT2D eigenvalue weighted by Gasteiger charge is -2.47. The van der Waals surface area contributed by atoms with Crippen molar-refractivity contribution >= 4 is 35.6 Å². The molecule has 0 bridgehead atoms. The number of carboxylic acid groups (broad SMARTS) is 3. The van der Waals surface area contributed by atoms with Crippen molar-refractivity contribution in [3.05, 3.63) is 293 Å². The first-order chi connectivity index (χ1) is 56.3. The number of amides is 3. The zero-order valence-corrected chi connectivity index (χ0v) is 63.9. The minimum Gasteiger partial charge on any atom is -0.502 e. The number of aromatic hydroxyl groups is 3. The smallest absolute Gasteiger partial charge is 0.341 e. The number of carbonyl (C=O) groups is 6. The normalized spacial score (nSPS) is 18.3. The fraction of sp³-hybridized carbons (Fsp3) is 0.360. The van der Waals surface area contributed by atoms with Crippen LogP contribution in [-0.4, -0.2) is 134 Å². The maximum Gasteiger partial charge on any atom is 0.341 e. The Labute approximate surface area is 666 Å². The van der Waals surface area contributed by atoms with Crippen molar-refractivity contribution in [2.45, 2.75) is 147 Å². The number of halogens is 4. The van der Waals surface area contributed by atoms with E-state index >= 15 is 17.6 Å². The van der Waals surface area contributed by atoms with Crippen LogP contribution in [0.1, 0.15) is 223 Å². The Morgan fingerprint density at radius 3 is 0.915 bits per heavy atom. The molecule has 0 unspecified atom stereocenters. The van der Waals surface area contributed by atoms with E-state index in [1.165, 1.54) is 71.6 Å². The number of aromatic nitrogens is 3. The molecule has 0 radical (unpaired) electrons. The molecule has 0 saturated heterocycles. The third kappa shape index (κ3) is 13.1. The molecular weight excluding hydrogens is 1510 g/mol. The van der Waals surface area contributed by atoms with Gasteiger partial charge in [0.25, 0.3) is 17.7 Å². The molecule has 6 N–H and O–H groups in total. The van der Waals surface area contributed by atoms with Crippen LogP contribution in [0.2, 0.25) is 0 Å². The Morgan fingerprint density at radius 1 is 0.368 bits per heavy atom. The Kier molecular flexibility index (Phi) is 18.8. The molecular formula is C89H83F4N9O15. The molecule has 11 aliphatic rings. The van der Waals surface area contributed by atoms with Gasteiger partial charge in [-0.3, -0.25) is 57.8 Å². The van der Waals surface area contributed by atoms with Gasteiger partial charge in [-0.05, 0) is 248 Å². The summed E-state index contributed by atoms with van der Waals surface area (Å²) >= 11 is 0. The van der Waals surface area contributed by atoms with Crippen molar-refractivity contribution in [2.24, 2.45) is 29.6 Å². The van der Waals surface area contributed by atoms with Gasteiger partial charge in [-0.1, -0.05) is 84.9 Å². The number of carbonyl (C=O) groups excluding carboxylic acids is 3. The van der Waals surface area contributed by atoms with E-state index < -0.39 is 121 Å². The zero-order valence-electron chi connectivity index (χ0n) is 63.9. The van der Waals surface area contributed by atoms with Gasteiger partial charge in [-0.2, -0.15) is 0 Å². The molecule has 602 valence electrons. The van der Waals surface area contributed by atoms with Gasteiger partial charge in [0, 0.05) is 37.2 Å². The molecule has 9 aromatic rings. The van der Waals surface area contributed by atoms with E-state index in [0.29, 0.717) is 74.7 Å². The highest BCUT2D eigenvalue weighted by Gasteiger charge is 2.54. The summed E-state index contributed by atoms with van der Waals surface area (Å²) in [6, 6.07) is 29.0. The molecule has 6 aromatic carbocycles. The van der Waals surface area contributed by atoms with Gasteiger partial charge in [0.15, 0.2) is 34.3 Å². The number of rotatable bonds is 14. The minimum atomic E-state index is -1.57. The van der Waals surface area contributed by atoms with Crippen LogP contribution in [0.25, 0.3) is 0 Å². The molecule has 3 aliphatic heterocycles. The van der Waals surface area contributed by atoms with E-state index in [0.717, 1.165) is 101 Å².